The zero-order valence-electron chi connectivity index (χ0n) is 8.47. The van der Waals surface area contributed by atoms with E-state index in [9.17, 15) is 13.6 Å². The molecule has 88 valence electrons. The Hall–Kier alpha value is -1.20. The maximum absolute atomic E-state index is 13.4. The summed E-state index contributed by atoms with van der Waals surface area (Å²) >= 11 is 5.57. The average molecular weight is 250 g/mol. The Bertz CT molecular complexity index is 412. The smallest absolute Gasteiger partial charge is 0.307 e. The van der Waals surface area contributed by atoms with E-state index in [0.29, 0.717) is 0 Å². The number of halogens is 3. The van der Waals surface area contributed by atoms with Crippen molar-refractivity contribution in [2.75, 3.05) is 7.11 Å². The molecule has 0 saturated heterocycles. The van der Waals surface area contributed by atoms with Crippen molar-refractivity contribution in [3.8, 4) is 0 Å². The van der Waals surface area contributed by atoms with E-state index in [1.165, 1.54) is 7.11 Å². The molecule has 0 spiro atoms. The van der Waals surface area contributed by atoms with Crippen molar-refractivity contribution >= 4 is 17.6 Å². The molecule has 0 unspecified atom stereocenters. The van der Waals surface area contributed by atoms with Crippen molar-refractivity contribution in [3.63, 3.8) is 0 Å². The van der Waals surface area contributed by atoms with Gasteiger partial charge in [0.15, 0.2) is 0 Å². The molecule has 0 amide bonds. The molecule has 1 rings (SSSR count). The van der Waals surface area contributed by atoms with Gasteiger partial charge in [-0.25, -0.2) is 8.78 Å². The van der Waals surface area contributed by atoms with Crippen molar-refractivity contribution < 1.29 is 18.3 Å². The number of benzene rings is 1. The first-order valence-corrected chi connectivity index (χ1v) is 4.81. The van der Waals surface area contributed by atoms with Crippen molar-refractivity contribution in [1.29, 1.82) is 0 Å². The average Bonchev–Trinajstić information content (AvgIpc) is 2.24. The second kappa shape index (κ2) is 5.23. The summed E-state index contributed by atoms with van der Waals surface area (Å²) in [5.74, 6) is -2.14. The predicted octanol–water partition coefficient (Wildman–Crippen LogP) is 2.18. The molecule has 6 heteroatoms. The van der Waals surface area contributed by atoms with Gasteiger partial charge < -0.3 is 10.5 Å². The lowest BCUT2D eigenvalue weighted by Gasteiger charge is -2.13. The number of methoxy groups -OCH3 is 1. The number of carbonyl (C=O) groups excluding carboxylic acids is 1. The highest BCUT2D eigenvalue weighted by Gasteiger charge is 2.21. The number of hydrogen-bond acceptors (Lipinski definition) is 3. The van der Waals surface area contributed by atoms with Gasteiger partial charge in [-0.15, -0.1) is 0 Å². The Morgan fingerprint density at radius 1 is 1.50 bits per heavy atom. The van der Waals surface area contributed by atoms with Gasteiger partial charge in [0.25, 0.3) is 0 Å². The number of rotatable bonds is 3. The third-order valence-corrected chi connectivity index (χ3v) is 2.45. The Morgan fingerprint density at radius 3 is 2.62 bits per heavy atom. The summed E-state index contributed by atoms with van der Waals surface area (Å²) in [5.41, 5.74) is 5.33. The van der Waals surface area contributed by atoms with Crippen LogP contribution >= 0.6 is 11.6 Å². The molecule has 0 aliphatic carbocycles. The number of carbonyl (C=O) groups is 1. The number of ether oxygens (including phenoxy) is 1. The minimum atomic E-state index is -1.03. The van der Waals surface area contributed by atoms with Crippen LogP contribution in [0.4, 0.5) is 8.78 Å². The molecule has 3 nitrogen and oxygen atoms in total. The molecule has 2 N–H and O–H groups in total. The van der Waals surface area contributed by atoms with Crippen LogP contribution in [0.3, 0.4) is 0 Å². The van der Waals surface area contributed by atoms with Gasteiger partial charge in [-0.2, -0.15) is 0 Å². The summed E-state index contributed by atoms with van der Waals surface area (Å²) in [7, 11) is 1.18. The van der Waals surface area contributed by atoms with Gasteiger partial charge >= 0.3 is 5.97 Å². The quantitative estimate of drug-likeness (QED) is 0.660. The molecule has 0 bridgehead atoms. The third-order valence-electron chi connectivity index (χ3n) is 2.06. The molecule has 0 fully saturated rings. The molecule has 1 aromatic rings. The molecule has 0 radical (unpaired) electrons. The van der Waals surface area contributed by atoms with E-state index in [0.717, 1.165) is 12.1 Å². The standard InChI is InChI=1S/C10H10ClF2NO2/c1-16-8(15)4-7(14)9-5(12)2-3-6(13)10(9)11/h2-3,7H,4,14H2,1H3/t7-/m0/s1. The molecule has 0 saturated carbocycles. The minimum Gasteiger partial charge on any atom is -0.469 e. The Balaban J connectivity index is 3.03. The van der Waals surface area contributed by atoms with E-state index >= 15 is 0 Å². The second-order valence-electron chi connectivity index (χ2n) is 3.14. The lowest BCUT2D eigenvalue weighted by Crippen LogP contribution is -2.18. The second-order valence-corrected chi connectivity index (χ2v) is 3.52. The van der Waals surface area contributed by atoms with Crippen molar-refractivity contribution in [3.05, 3.63) is 34.4 Å². The first kappa shape index (κ1) is 12.9. The van der Waals surface area contributed by atoms with Crippen LogP contribution < -0.4 is 5.73 Å². The van der Waals surface area contributed by atoms with E-state index in [2.05, 4.69) is 4.74 Å². The number of nitrogens with two attached hydrogens (primary N) is 1. The minimum absolute atomic E-state index is 0.216. The Morgan fingerprint density at radius 2 is 2.06 bits per heavy atom. The van der Waals surface area contributed by atoms with Crippen LogP contribution in [0, 0.1) is 11.6 Å². The molecule has 16 heavy (non-hydrogen) atoms. The van der Waals surface area contributed by atoms with E-state index in [1.54, 1.807) is 0 Å². The van der Waals surface area contributed by atoms with Gasteiger partial charge in [0.05, 0.1) is 18.6 Å². The largest absolute Gasteiger partial charge is 0.469 e. The highest BCUT2D eigenvalue weighted by atomic mass is 35.5. The van der Waals surface area contributed by atoms with Gasteiger partial charge in [-0.1, -0.05) is 11.6 Å². The summed E-state index contributed by atoms with van der Waals surface area (Å²) in [6.45, 7) is 0. The number of hydrogen-bond donors (Lipinski definition) is 1. The molecule has 0 aromatic heterocycles. The lowest BCUT2D eigenvalue weighted by atomic mass is 10.0. The van der Waals surface area contributed by atoms with Gasteiger partial charge in [0, 0.05) is 11.6 Å². The molecular weight excluding hydrogens is 240 g/mol. The van der Waals surface area contributed by atoms with Crippen molar-refractivity contribution in [1.82, 2.24) is 0 Å². The zero-order chi connectivity index (χ0) is 12.3. The summed E-state index contributed by atoms with van der Waals surface area (Å²) in [4.78, 5) is 10.9. The highest BCUT2D eigenvalue weighted by molar-refractivity contribution is 6.31. The predicted molar refractivity (Wildman–Crippen MR) is 54.9 cm³/mol. The summed E-state index contributed by atoms with van der Waals surface area (Å²) in [5, 5.41) is -0.406. The van der Waals surface area contributed by atoms with Crippen molar-refractivity contribution in [2.45, 2.75) is 12.5 Å². The van der Waals surface area contributed by atoms with Crippen LogP contribution in [0.1, 0.15) is 18.0 Å². The van der Waals surface area contributed by atoms with Gasteiger partial charge in [0.1, 0.15) is 11.6 Å². The van der Waals surface area contributed by atoms with Gasteiger partial charge in [-0.05, 0) is 12.1 Å². The van der Waals surface area contributed by atoms with Crippen molar-refractivity contribution in [2.24, 2.45) is 5.73 Å². The topological polar surface area (TPSA) is 52.3 Å². The van der Waals surface area contributed by atoms with E-state index in [4.69, 9.17) is 17.3 Å². The van der Waals surface area contributed by atoms with E-state index < -0.39 is 28.7 Å². The molecular formula is C10H10ClF2NO2. The van der Waals surface area contributed by atoms with Gasteiger partial charge in [-0.3, -0.25) is 4.79 Å². The first-order chi connectivity index (χ1) is 7.47. The molecule has 1 aromatic carbocycles. The van der Waals surface area contributed by atoms with Crippen LogP contribution in [0.2, 0.25) is 5.02 Å². The first-order valence-electron chi connectivity index (χ1n) is 4.43. The fourth-order valence-electron chi connectivity index (χ4n) is 1.25. The number of esters is 1. The maximum Gasteiger partial charge on any atom is 0.307 e. The molecule has 0 heterocycles. The summed E-state index contributed by atoms with van der Waals surface area (Å²) < 4.78 is 30.8. The SMILES string of the molecule is COC(=O)C[C@H](N)c1c(F)ccc(F)c1Cl. The third kappa shape index (κ3) is 2.68. The van der Waals surface area contributed by atoms with E-state index in [-0.39, 0.29) is 12.0 Å². The van der Waals surface area contributed by atoms with Crippen LogP contribution in [0.15, 0.2) is 12.1 Å². The molecule has 0 aliphatic heterocycles. The van der Waals surface area contributed by atoms with Crippen LogP contribution in [0.25, 0.3) is 0 Å². The normalized spacial score (nSPS) is 12.3. The Labute approximate surface area is 96.1 Å². The van der Waals surface area contributed by atoms with Gasteiger partial charge in [0.2, 0.25) is 0 Å². The summed E-state index contributed by atoms with van der Waals surface area (Å²) in [6.07, 6.45) is -0.267. The highest BCUT2D eigenvalue weighted by Crippen LogP contribution is 2.28. The molecule has 0 aliphatic rings. The maximum atomic E-state index is 13.4. The molecule has 1 atom stereocenters. The van der Waals surface area contributed by atoms with E-state index in [1.807, 2.05) is 0 Å². The zero-order valence-corrected chi connectivity index (χ0v) is 9.22. The van der Waals surface area contributed by atoms with Crippen LogP contribution in [-0.2, 0) is 9.53 Å². The van der Waals surface area contributed by atoms with Crippen LogP contribution in [0.5, 0.6) is 0 Å². The Kier molecular flexibility index (Phi) is 4.20. The fourth-order valence-corrected chi connectivity index (χ4v) is 1.54. The summed E-state index contributed by atoms with van der Waals surface area (Å²) in [6, 6.07) is 0.773. The fraction of sp³-hybridized carbons (Fsp3) is 0.300. The monoisotopic (exact) mass is 249 g/mol. The van der Waals surface area contributed by atoms with Crippen LogP contribution in [-0.4, -0.2) is 13.1 Å². The lowest BCUT2D eigenvalue weighted by molar-refractivity contribution is -0.141.